The van der Waals surface area contributed by atoms with E-state index in [1.165, 1.54) is 27.7 Å². The van der Waals surface area contributed by atoms with Crippen molar-refractivity contribution in [2.45, 2.75) is 0 Å². The Morgan fingerprint density at radius 2 is 0.857 bits per heavy atom. The molecule has 1 heterocycles. The molecule has 10 rings (SSSR count). The largest absolute Gasteiger partial charge is 0.508 e. The van der Waals surface area contributed by atoms with Gasteiger partial charge < -0.3 is 9.52 Å². The van der Waals surface area contributed by atoms with Gasteiger partial charge in [-0.05, 0) is 84.8 Å². The molecule has 10 aromatic rings. The van der Waals surface area contributed by atoms with E-state index in [0.29, 0.717) is 5.75 Å². The number of para-hydroxylation sites is 1. The van der Waals surface area contributed by atoms with Gasteiger partial charge in [-0.1, -0.05) is 156 Å². The van der Waals surface area contributed by atoms with Crippen molar-refractivity contribution in [3.8, 4) is 61.4 Å². The van der Waals surface area contributed by atoms with Gasteiger partial charge in [0.05, 0.1) is 0 Å². The van der Waals surface area contributed by atoms with Crippen molar-refractivity contribution in [2.75, 3.05) is 0 Å². The molecule has 0 aliphatic carbocycles. The number of benzene rings is 9. The van der Waals surface area contributed by atoms with Gasteiger partial charge in [-0.15, -0.1) is 5.46 Å². The number of hydrogen-bond acceptors (Lipinski definition) is 2. The number of furan rings is 1. The number of phenolic OH excluding ortho intramolecular Hbond substituents is 1. The Kier molecular flexibility index (Phi) is 8.04. The van der Waals surface area contributed by atoms with Crippen LogP contribution in [-0.2, 0) is 0 Å². The Morgan fingerprint density at radius 1 is 0.339 bits per heavy atom. The van der Waals surface area contributed by atoms with Crippen molar-refractivity contribution in [3.05, 3.63) is 164 Å². The highest BCUT2D eigenvalue weighted by atomic mass is 16.3. The standard InChI is InChI=1S/C50H36B4O2/c51-46-45(50(55)49(54)48(53)47(46)52)43-35-21-8-6-19-33(35)41(34-20-7-9-22-36(34)43)29-15-12-16-30(27-29)42-37(25-26-40-44(42)38-23-10-11-24-39(38)56-40)32-18-5-4-17-31(32)28-13-2-1-3-14-28/h1-27,55H,51-54H2. The van der Waals surface area contributed by atoms with E-state index in [-0.39, 0.29) is 0 Å². The van der Waals surface area contributed by atoms with Crippen LogP contribution in [0.25, 0.3) is 99.1 Å². The van der Waals surface area contributed by atoms with Crippen LogP contribution in [0.5, 0.6) is 5.75 Å². The maximum Gasteiger partial charge on any atom is 0.143 e. The summed E-state index contributed by atoms with van der Waals surface area (Å²) in [7, 11) is 8.44. The SMILES string of the molecule is Bc1c(B)c(B)c(-c2c3ccccc3c(-c3cccc(-c4c(-c5ccccc5-c5ccccc5)ccc5oc6ccccc6c45)c3)c3ccccc23)c(O)c1B. The molecule has 0 amide bonds. The number of rotatable bonds is 5. The Morgan fingerprint density at radius 3 is 1.54 bits per heavy atom. The lowest BCUT2D eigenvalue weighted by atomic mass is 9.63. The van der Waals surface area contributed by atoms with Gasteiger partial charge in [-0.2, -0.15) is 0 Å². The average molecular weight is 712 g/mol. The van der Waals surface area contributed by atoms with Gasteiger partial charge in [-0.25, -0.2) is 0 Å². The molecule has 0 saturated heterocycles. The Balaban J connectivity index is 1.28. The zero-order valence-electron chi connectivity index (χ0n) is 31.9. The lowest BCUT2D eigenvalue weighted by Crippen LogP contribution is -2.48. The van der Waals surface area contributed by atoms with Crippen LogP contribution in [0.3, 0.4) is 0 Å². The van der Waals surface area contributed by atoms with Crippen molar-refractivity contribution in [1.29, 1.82) is 0 Å². The van der Waals surface area contributed by atoms with E-state index in [4.69, 9.17) is 4.42 Å². The van der Waals surface area contributed by atoms with Crippen molar-refractivity contribution in [3.63, 3.8) is 0 Å². The van der Waals surface area contributed by atoms with Gasteiger partial charge in [0, 0.05) is 27.5 Å². The first-order valence-electron chi connectivity index (χ1n) is 19.3. The second kappa shape index (κ2) is 13.3. The Labute approximate surface area is 330 Å². The summed E-state index contributed by atoms with van der Waals surface area (Å²) in [5.41, 5.74) is 17.4. The number of aromatic hydroxyl groups is 1. The van der Waals surface area contributed by atoms with Crippen LogP contribution >= 0.6 is 0 Å². The minimum absolute atomic E-state index is 0.361. The van der Waals surface area contributed by atoms with Gasteiger partial charge in [-0.3, -0.25) is 0 Å². The first-order chi connectivity index (χ1) is 27.4. The smallest absolute Gasteiger partial charge is 0.143 e. The minimum atomic E-state index is 0.361. The number of fused-ring (bicyclic) bond motifs is 5. The Bertz CT molecular complexity index is 3120. The maximum atomic E-state index is 11.9. The molecule has 0 aliphatic rings. The van der Waals surface area contributed by atoms with Crippen LogP contribution in [0.15, 0.2) is 168 Å². The molecule has 2 nitrogen and oxygen atoms in total. The van der Waals surface area contributed by atoms with Crippen molar-refractivity contribution in [1.82, 2.24) is 0 Å². The first-order valence-corrected chi connectivity index (χ1v) is 19.3. The van der Waals surface area contributed by atoms with E-state index >= 15 is 0 Å². The van der Waals surface area contributed by atoms with Crippen LogP contribution in [0.1, 0.15) is 0 Å². The van der Waals surface area contributed by atoms with E-state index in [1.807, 2.05) is 13.9 Å². The molecule has 0 bridgehead atoms. The monoisotopic (exact) mass is 712 g/mol. The molecule has 56 heavy (non-hydrogen) atoms. The quantitative estimate of drug-likeness (QED) is 0.155. The molecule has 1 aromatic heterocycles. The maximum absolute atomic E-state index is 11.9. The van der Waals surface area contributed by atoms with Crippen molar-refractivity contribution >= 4 is 96.7 Å². The summed E-state index contributed by atoms with van der Waals surface area (Å²) >= 11 is 0. The fourth-order valence-electron chi connectivity index (χ4n) is 9.07. The van der Waals surface area contributed by atoms with Gasteiger partial charge in [0.15, 0.2) is 0 Å². The van der Waals surface area contributed by atoms with Gasteiger partial charge in [0.2, 0.25) is 0 Å². The summed E-state index contributed by atoms with van der Waals surface area (Å²) < 4.78 is 6.53. The predicted molar refractivity (Wildman–Crippen MR) is 250 cm³/mol. The molecule has 9 aromatic carbocycles. The molecule has 1 N–H and O–H groups in total. The lowest BCUT2D eigenvalue weighted by Gasteiger charge is -2.23. The molecule has 0 unspecified atom stereocenters. The van der Waals surface area contributed by atoms with Crippen LogP contribution in [-0.4, -0.2) is 36.5 Å². The fourth-order valence-corrected chi connectivity index (χ4v) is 9.07. The molecule has 0 fully saturated rings. The van der Waals surface area contributed by atoms with Crippen LogP contribution in [0.4, 0.5) is 0 Å². The topological polar surface area (TPSA) is 33.4 Å². The number of phenols is 1. The third-order valence-corrected chi connectivity index (χ3v) is 12.1. The normalized spacial score (nSPS) is 11.6. The zero-order chi connectivity index (χ0) is 38.1. The van der Waals surface area contributed by atoms with Gasteiger partial charge in [0.25, 0.3) is 0 Å². The molecule has 0 atom stereocenters. The fraction of sp³-hybridized carbons (Fsp3) is 0. The molecule has 0 radical (unpaired) electrons. The van der Waals surface area contributed by atoms with Crippen LogP contribution in [0, 0.1) is 0 Å². The summed E-state index contributed by atoms with van der Waals surface area (Å²) in [5, 5.41) is 18.6. The molecule has 0 aliphatic heterocycles. The molecule has 0 spiro atoms. The first kappa shape index (κ1) is 33.9. The van der Waals surface area contributed by atoms with Gasteiger partial charge in [0.1, 0.15) is 48.3 Å². The van der Waals surface area contributed by atoms with E-state index < -0.39 is 0 Å². The highest BCUT2D eigenvalue weighted by Gasteiger charge is 2.24. The van der Waals surface area contributed by atoms with Crippen molar-refractivity contribution in [2.24, 2.45) is 0 Å². The summed E-state index contributed by atoms with van der Waals surface area (Å²) in [5.74, 6) is 0.361. The second-order valence-corrected chi connectivity index (χ2v) is 15.0. The lowest BCUT2D eigenvalue weighted by molar-refractivity contribution is 0.482. The number of hydrogen-bond donors (Lipinski definition) is 1. The highest BCUT2D eigenvalue weighted by molar-refractivity contribution is 6.64. The third kappa shape index (κ3) is 5.17. The molecule has 260 valence electrons. The van der Waals surface area contributed by atoms with E-state index in [1.54, 1.807) is 0 Å². The van der Waals surface area contributed by atoms with E-state index in [0.717, 1.165) is 93.3 Å². The average Bonchev–Trinajstić information content (AvgIpc) is 3.63. The predicted octanol–water partition coefficient (Wildman–Crippen LogP) is 6.97. The van der Waals surface area contributed by atoms with Crippen LogP contribution < -0.4 is 21.9 Å². The second-order valence-electron chi connectivity index (χ2n) is 15.0. The summed E-state index contributed by atoms with van der Waals surface area (Å²) in [4.78, 5) is 0. The van der Waals surface area contributed by atoms with E-state index in [2.05, 4.69) is 181 Å². The van der Waals surface area contributed by atoms with Crippen molar-refractivity contribution < 1.29 is 9.52 Å². The minimum Gasteiger partial charge on any atom is -0.508 e. The van der Waals surface area contributed by atoms with Crippen LogP contribution in [0.2, 0.25) is 0 Å². The summed E-state index contributed by atoms with van der Waals surface area (Å²) in [6.07, 6.45) is 0. The van der Waals surface area contributed by atoms with E-state index in [9.17, 15) is 5.11 Å². The van der Waals surface area contributed by atoms with Gasteiger partial charge >= 0.3 is 0 Å². The zero-order valence-corrected chi connectivity index (χ0v) is 31.9. The summed E-state index contributed by atoms with van der Waals surface area (Å²) in [6, 6.07) is 58.5. The molecular formula is C50H36B4O2. The highest BCUT2D eigenvalue weighted by Crippen LogP contribution is 2.48. The molecular weight excluding hydrogens is 676 g/mol. The molecule has 6 heteroatoms. The molecule has 0 saturated carbocycles. The third-order valence-electron chi connectivity index (χ3n) is 12.1. The Hall–Kier alpha value is -6.64. The summed E-state index contributed by atoms with van der Waals surface area (Å²) in [6.45, 7) is 0.